The number of alkyl halides is 3. The molecule has 0 radical (unpaired) electrons. The fraction of sp³-hybridized carbons (Fsp3) is 0.278. The van der Waals surface area contributed by atoms with Crippen LogP contribution in [0.15, 0.2) is 42.7 Å². The van der Waals surface area contributed by atoms with Crippen molar-refractivity contribution in [3.05, 3.63) is 65.4 Å². The minimum Gasteiger partial charge on any atom is -0.345 e. The van der Waals surface area contributed by atoms with Crippen LogP contribution in [0.3, 0.4) is 0 Å². The van der Waals surface area contributed by atoms with Gasteiger partial charge in [-0.1, -0.05) is 19.4 Å². The van der Waals surface area contributed by atoms with Gasteiger partial charge < -0.3 is 5.32 Å². The topological polar surface area (TPSA) is 59.3 Å². The molecule has 0 aliphatic rings. The number of rotatable bonds is 5. The molecule has 0 aliphatic heterocycles. The van der Waals surface area contributed by atoms with Gasteiger partial charge in [-0.2, -0.15) is 13.2 Å². The third kappa shape index (κ3) is 3.68. The Labute approximate surface area is 147 Å². The highest BCUT2D eigenvalue weighted by Gasteiger charge is 2.31. The first kappa shape index (κ1) is 17.9. The van der Waals surface area contributed by atoms with Crippen molar-refractivity contribution < 1.29 is 18.0 Å². The second-order valence-corrected chi connectivity index (χ2v) is 5.80. The molecule has 0 spiro atoms. The number of halogens is 3. The van der Waals surface area contributed by atoms with Crippen LogP contribution in [0.5, 0.6) is 0 Å². The van der Waals surface area contributed by atoms with E-state index in [2.05, 4.69) is 15.3 Å². The standard InChI is InChI=1S/C18H17F3N4O/c1-2-5-14-16(17(26)23-10-13-6-3-4-9-22-13)25-11-12(18(19,20)21)7-8-15(25)24-14/h3-4,6-9,11H,2,5,10H2,1H3,(H,23,26). The highest BCUT2D eigenvalue weighted by Crippen LogP contribution is 2.30. The molecule has 26 heavy (non-hydrogen) atoms. The van der Waals surface area contributed by atoms with Gasteiger partial charge >= 0.3 is 6.18 Å². The molecule has 0 saturated carbocycles. The lowest BCUT2D eigenvalue weighted by Crippen LogP contribution is -2.26. The molecule has 3 heterocycles. The van der Waals surface area contributed by atoms with E-state index in [-0.39, 0.29) is 12.2 Å². The summed E-state index contributed by atoms with van der Waals surface area (Å²) in [5.74, 6) is -0.481. The van der Waals surface area contributed by atoms with Gasteiger partial charge in [-0.25, -0.2) is 4.98 Å². The average molecular weight is 362 g/mol. The number of carbonyl (C=O) groups excluding carboxylic acids is 1. The number of pyridine rings is 2. The summed E-state index contributed by atoms with van der Waals surface area (Å²) in [5.41, 5.74) is 0.741. The van der Waals surface area contributed by atoms with E-state index in [0.29, 0.717) is 23.5 Å². The summed E-state index contributed by atoms with van der Waals surface area (Å²) in [6.45, 7) is 2.10. The molecule has 1 N–H and O–H groups in total. The van der Waals surface area contributed by atoms with Gasteiger partial charge in [-0.05, 0) is 30.7 Å². The van der Waals surface area contributed by atoms with Crippen LogP contribution in [0.4, 0.5) is 13.2 Å². The first-order valence-corrected chi connectivity index (χ1v) is 8.16. The molecule has 1 amide bonds. The van der Waals surface area contributed by atoms with Crippen LogP contribution < -0.4 is 5.32 Å². The Morgan fingerprint density at radius 1 is 1.23 bits per heavy atom. The number of nitrogens with one attached hydrogen (secondary N) is 1. The predicted molar refractivity (Wildman–Crippen MR) is 89.6 cm³/mol. The molecule has 136 valence electrons. The van der Waals surface area contributed by atoms with Gasteiger partial charge in [0.1, 0.15) is 11.3 Å². The maximum absolute atomic E-state index is 13.0. The van der Waals surface area contributed by atoms with Crippen molar-refractivity contribution in [3.8, 4) is 0 Å². The summed E-state index contributed by atoms with van der Waals surface area (Å²) in [5, 5.41) is 2.71. The average Bonchev–Trinajstić information content (AvgIpc) is 2.97. The van der Waals surface area contributed by atoms with Crippen LogP contribution in [0.25, 0.3) is 5.65 Å². The first-order chi connectivity index (χ1) is 12.4. The number of carbonyl (C=O) groups is 1. The van der Waals surface area contributed by atoms with E-state index in [4.69, 9.17) is 0 Å². The highest BCUT2D eigenvalue weighted by molar-refractivity contribution is 5.94. The highest BCUT2D eigenvalue weighted by atomic mass is 19.4. The van der Waals surface area contributed by atoms with E-state index < -0.39 is 17.6 Å². The Bertz CT molecular complexity index is 919. The third-order valence-corrected chi connectivity index (χ3v) is 3.88. The molecule has 0 aromatic carbocycles. The Morgan fingerprint density at radius 2 is 2.04 bits per heavy atom. The Morgan fingerprint density at radius 3 is 2.69 bits per heavy atom. The van der Waals surface area contributed by atoms with E-state index >= 15 is 0 Å². The van der Waals surface area contributed by atoms with E-state index in [1.165, 1.54) is 10.5 Å². The molecular weight excluding hydrogens is 345 g/mol. The zero-order valence-corrected chi connectivity index (χ0v) is 14.0. The number of imidazole rings is 1. The zero-order valence-electron chi connectivity index (χ0n) is 14.0. The lowest BCUT2D eigenvalue weighted by Gasteiger charge is -2.09. The van der Waals surface area contributed by atoms with E-state index in [1.807, 2.05) is 6.92 Å². The number of amides is 1. The lowest BCUT2D eigenvalue weighted by molar-refractivity contribution is -0.137. The van der Waals surface area contributed by atoms with Crippen molar-refractivity contribution in [2.24, 2.45) is 0 Å². The molecule has 8 heteroatoms. The quantitative estimate of drug-likeness (QED) is 0.754. The molecule has 0 bridgehead atoms. The van der Waals surface area contributed by atoms with Crippen molar-refractivity contribution >= 4 is 11.6 Å². The van der Waals surface area contributed by atoms with Gasteiger partial charge in [0.25, 0.3) is 5.91 Å². The summed E-state index contributed by atoms with van der Waals surface area (Å²) in [6.07, 6.45) is -0.762. The number of hydrogen-bond donors (Lipinski definition) is 1. The molecule has 3 rings (SSSR count). The number of hydrogen-bond acceptors (Lipinski definition) is 3. The number of fused-ring (bicyclic) bond motifs is 1. The van der Waals surface area contributed by atoms with Crippen LogP contribution >= 0.6 is 0 Å². The van der Waals surface area contributed by atoms with Gasteiger partial charge in [-0.15, -0.1) is 0 Å². The Hall–Kier alpha value is -2.90. The molecule has 5 nitrogen and oxygen atoms in total. The van der Waals surface area contributed by atoms with E-state index in [1.54, 1.807) is 24.4 Å². The Kier molecular flexibility index (Phi) is 4.92. The van der Waals surface area contributed by atoms with Crippen LogP contribution in [-0.4, -0.2) is 20.3 Å². The van der Waals surface area contributed by atoms with Crippen LogP contribution in [-0.2, 0) is 19.1 Å². The second-order valence-electron chi connectivity index (χ2n) is 5.80. The lowest BCUT2D eigenvalue weighted by atomic mass is 10.2. The number of nitrogens with zero attached hydrogens (tertiary/aromatic N) is 3. The normalized spacial score (nSPS) is 11.7. The van der Waals surface area contributed by atoms with Crippen molar-refractivity contribution in [1.29, 1.82) is 0 Å². The van der Waals surface area contributed by atoms with E-state index in [0.717, 1.165) is 18.7 Å². The van der Waals surface area contributed by atoms with Gasteiger partial charge in [0.15, 0.2) is 0 Å². The molecule has 3 aromatic heterocycles. The molecule has 0 saturated heterocycles. The van der Waals surface area contributed by atoms with Crippen LogP contribution in [0.2, 0.25) is 0 Å². The first-order valence-electron chi connectivity index (χ1n) is 8.16. The summed E-state index contributed by atoms with van der Waals surface area (Å²) in [7, 11) is 0. The van der Waals surface area contributed by atoms with Gasteiger partial charge in [-0.3, -0.25) is 14.2 Å². The number of aryl methyl sites for hydroxylation is 1. The molecule has 3 aromatic rings. The molecule has 0 fully saturated rings. The van der Waals surface area contributed by atoms with Gasteiger partial charge in [0.2, 0.25) is 0 Å². The SMILES string of the molecule is CCCc1nc2ccc(C(F)(F)F)cn2c1C(=O)NCc1ccccn1. The smallest absolute Gasteiger partial charge is 0.345 e. The second kappa shape index (κ2) is 7.15. The molecule has 0 aliphatic carbocycles. The summed E-state index contributed by atoms with van der Waals surface area (Å²) >= 11 is 0. The summed E-state index contributed by atoms with van der Waals surface area (Å²) in [4.78, 5) is 21.1. The van der Waals surface area contributed by atoms with Crippen molar-refractivity contribution in [1.82, 2.24) is 19.7 Å². The van der Waals surface area contributed by atoms with Crippen molar-refractivity contribution in [3.63, 3.8) is 0 Å². The van der Waals surface area contributed by atoms with Crippen LogP contribution in [0.1, 0.15) is 40.8 Å². The van der Waals surface area contributed by atoms with Crippen molar-refractivity contribution in [2.75, 3.05) is 0 Å². The van der Waals surface area contributed by atoms with Crippen LogP contribution in [0, 0.1) is 0 Å². The fourth-order valence-electron chi connectivity index (χ4n) is 2.67. The Balaban J connectivity index is 1.98. The maximum atomic E-state index is 13.0. The third-order valence-electron chi connectivity index (χ3n) is 3.88. The zero-order chi connectivity index (χ0) is 18.7. The minimum atomic E-state index is -4.49. The minimum absolute atomic E-state index is 0.129. The largest absolute Gasteiger partial charge is 0.417 e. The summed E-state index contributed by atoms with van der Waals surface area (Å²) in [6, 6.07) is 7.54. The monoisotopic (exact) mass is 362 g/mol. The number of aromatic nitrogens is 3. The molecule has 0 atom stereocenters. The maximum Gasteiger partial charge on any atom is 0.417 e. The molecule has 0 unspecified atom stereocenters. The van der Waals surface area contributed by atoms with Crippen molar-refractivity contribution in [2.45, 2.75) is 32.5 Å². The fourth-order valence-corrected chi connectivity index (χ4v) is 2.67. The van der Waals surface area contributed by atoms with Gasteiger partial charge in [0, 0.05) is 12.4 Å². The van der Waals surface area contributed by atoms with E-state index in [9.17, 15) is 18.0 Å². The summed E-state index contributed by atoms with van der Waals surface area (Å²) < 4.78 is 40.3. The predicted octanol–water partition coefficient (Wildman–Crippen LogP) is 3.63. The molecular formula is C18H17F3N4O. The van der Waals surface area contributed by atoms with Gasteiger partial charge in [0.05, 0.1) is 23.5 Å².